The van der Waals surface area contributed by atoms with Crippen molar-refractivity contribution in [2.24, 2.45) is 0 Å². The van der Waals surface area contributed by atoms with E-state index in [9.17, 15) is 4.79 Å². The van der Waals surface area contributed by atoms with Gasteiger partial charge >= 0.3 is 0 Å². The Morgan fingerprint density at radius 2 is 1.71 bits per heavy atom. The maximum absolute atomic E-state index is 12.5. The third-order valence-corrected chi connectivity index (χ3v) is 4.05. The van der Waals surface area contributed by atoms with Gasteiger partial charge in [0.25, 0.3) is 5.91 Å². The highest BCUT2D eigenvalue weighted by atomic mass is 16.1. The van der Waals surface area contributed by atoms with Gasteiger partial charge < -0.3 is 5.32 Å². The predicted molar refractivity (Wildman–Crippen MR) is 87.6 cm³/mol. The molecule has 2 heteroatoms. The van der Waals surface area contributed by atoms with Gasteiger partial charge in [-0.2, -0.15) is 0 Å². The number of aryl methyl sites for hydroxylation is 3. The topological polar surface area (TPSA) is 29.1 Å². The summed E-state index contributed by atoms with van der Waals surface area (Å²) in [5.74, 6) is -0.00629. The van der Waals surface area contributed by atoms with Gasteiger partial charge in [0.1, 0.15) is 0 Å². The summed E-state index contributed by atoms with van der Waals surface area (Å²) in [5, 5.41) is 3.15. The lowest BCUT2D eigenvalue weighted by Crippen LogP contribution is -2.28. The molecule has 1 N–H and O–H groups in total. The average Bonchev–Trinajstić information content (AvgIpc) is 2.48. The Labute approximate surface area is 127 Å². The Balaban J connectivity index is 2.20. The molecule has 0 fully saturated rings. The van der Waals surface area contributed by atoms with E-state index in [1.54, 1.807) is 0 Å². The van der Waals surface area contributed by atoms with Crippen LogP contribution in [0, 0.1) is 20.8 Å². The van der Waals surface area contributed by atoms with Gasteiger partial charge in [-0.05, 0) is 61.6 Å². The maximum atomic E-state index is 12.5. The second-order valence-corrected chi connectivity index (χ2v) is 5.59. The Hall–Kier alpha value is -2.09. The molecular weight excluding hydrogens is 258 g/mol. The Bertz CT molecular complexity index is 646. The summed E-state index contributed by atoms with van der Waals surface area (Å²) < 4.78 is 0. The first kappa shape index (κ1) is 15.3. The first-order valence-corrected chi connectivity index (χ1v) is 7.46. The van der Waals surface area contributed by atoms with Gasteiger partial charge in [0.15, 0.2) is 0 Å². The van der Waals surface area contributed by atoms with Crippen LogP contribution < -0.4 is 5.32 Å². The van der Waals surface area contributed by atoms with Gasteiger partial charge in [-0.15, -0.1) is 0 Å². The third kappa shape index (κ3) is 3.52. The summed E-state index contributed by atoms with van der Waals surface area (Å²) in [4.78, 5) is 12.5. The van der Waals surface area contributed by atoms with E-state index in [0.717, 1.165) is 17.5 Å². The molecule has 0 heterocycles. The van der Waals surface area contributed by atoms with Crippen molar-refractivity contribution in [3.63, 3.8) is 0 Å². The third-order valence-electron chi connectivity index (χ3n) is 4.05. The zero-order valence-electron chi connectivity index (χ0n) is 13.2. The van der Waals surface area contributed by atoms with E-state index >= 15 is 0 Å². The van der Waals surface area contributed by atoms with Gasteiger partial charge in [-0.1, -0.05) is 37.3 Å². The fraction of sp³-hybridized carbons (Fsp3) is 0.316. The van der Waals surface area contributed by atoms with Crippen LogP contribution in [0.1, 0.15) is 52.0 Å². The number of carbonyl (C=O) groups is 1. The van der Waals surface area contributed by atoms with Crippen molar-refractivity contribution in [2.45, 2.75) is 40.2 Å². The second kappa shape index (κ2) is 6.57. The van der Waals surface area contributed by atoms with E-state index in [0.29, 0.717) is 0 Å². The molecule has 0 saturated heterocycles. The van der Waals surface area contributed by atoms with Crippen molar-refractivity contribution >= 4 is 5.91 Å². The van der Waals surface area contributed by atoms with Gasteiger partial charge in [-0.25, -0.2) is 0 Å². The molecule has 110 valence electrons. The van der Waals surface area contributed by atoms with E-state index in [4.69, 9.17) is 0 Å². The molecule has 0 radical (unpaired) electrons. The van der Waals surface area contributed by atoms with Crippen molar-refractivity contribution < 1.29 is 4.79 Å². The molecule has 1 amide bonds. The SMILES string of the molecule is CCC(NC(=O)c1ccc(C)c(C)c1)c1ccccc1C. The number of rotatable bonds is 4. The Morgan fingerprint density at radius 3 is 2.33 bits per heavy atom. The van der Waals surface area contributed by atoms with Crippen LogP contribution in [0.3, 0.4) is 0 Å². The zero-order chi connectivity index (χ0) is 15.4. The molecule has 0 aliphatic carbocycles. The molecule has 2 nitrogen and oxygen atoms in total. The summed E-state index contributed by atoms with van der Waals surface area (Å²) in [5.41, 5.74) is 5.48. The van der Waals surface area contributed by atoms with Crippen molar-refractivity contribution in [1.82, 2.24) is 5.32 Å². The first-order valence-electron chi connectivity index (χ1n) is 7.46. The Kier molecular flexibility index (Phi) is 4.79. The summed E-state index contributed by atoms with van der Waals surface area (Å²) >= 11 is 0. The van der Waals surface area contributed by atoms with E-state index in [1.165, 1.54) is 16.7 Å². The molecule has 0 saturated carbocycles. The van der Waals surface area contributed by atoms with Crippen molar-refractivity contribution in [1.29, 1.82) is 0 Å². The fourth-order valence-electron chi connectivity index (χ4n) is 2.50. The van der Waals surface area contributed by atoms with Gasteiger partial charge in [0.05, 0.1) is 6.04 Å². The van der Waals surface area contributed by atoms with Crippen LogP contribution in [-0.4, -0.2) is 5.91 Å². The normalized spacial score (nSPS) is 12.0. The minimum Gasteiger partial charge on any atom is -0.345 e. The molecule has 0 aromatic heterocycles. The summed E-state index contributed by atoms with van der Waals surface area (Å²) in [7, 11) is 0. The van der Waals surface area contributed by atoms with E-state index in [-0.39, 0.29) is 11.9 Å². The van der Waals surface area contributed by atoms with Crippen LogP contribution in [0.25, 0.3) is 0 Å². The average molecular weight is 281 g/mol. The largest absolute Gasteiger partial charge is 0.345 e. The zero-order valence-corrected chi connectivity index (χ0v) is 13.2. The first-order chi connectivity index (χ1) is 10.0. The summed E-state index contributed by atoms with van der Waals surface area (Å²) in [6, 6.07) is 14.1. The minimum atomic E-state index is -0.00629. The van der Waals surface area contributed by atoms with Crippen LogP contribution in [0.15, 0.2) is 42.5 Å². The summed E-state index contributed by atoms with van der Waals surface area (Å²) in [6.07, 6.45) is 0.876. The van der Waals surface area contributed by atoms with Crippen molar-refractivity contribution in [3.05, 3.63) is 70.3 Å². The quantitative estimate of drug-likeness (QED) is 0.878. The highest BCUT2D eigenvalue weighted by Crippen LogP contribution is 2.21. The van der Waals surface area contributed by atoms with E-state index in [2.05, 4.69) is 38.2 Å². The van der Waals surface area contributed by atoms with Crippen molar-refractivity contribution in [3.8, 4) is 0 Å². The van der Waals surface area contributed by atoms with Crippen LogP contribution in [0.4, 0.5) is 0 Å². The lowest BCUT2D eigenvalue weighted by atomic mass is 9.98. The predicted octanol–water partition coefficient (Wildman–Crippen LogP) is 4.49. The molecule has 1 unspecified atom stereocenters. The van der Waals surface area contributed by atoms with Crippen LogP contribution in [0.5, 0.6) is 0 Å². The molecular formula is C19H23NO. The molecule has 2 aromatic rings. The number of nitrogens with one attached hydrogen (secondary N) is 1. The van der Waals surface area contributed by atoms with Gasteiger partial charge in [0.2, 0.25) is 0 Å². The molecule has 2 rings (SSSR count). The Morgan fingerprint density at radius 1 is 1.00 bits per heavy atom. The number of amides is 1. The molecule has 0 aliphatic rings. The summed E-state index contributed by atoms with van der Waals surface area (Å²) in [6.45, 7) is 8.27. The van der Waals surface area contributed by atoms with Gasteiger partial charge in [-0.3, -0.25) is 4.79 Å². The lowest BCUT2D eigenvalue weighted by molar-refractivity contribution is 0.0935. The van der Waals surface area contributed by atoms with E-state index < -0.39 is 0 Å². The highest BCUT2D eigenvalue weighted by Gasteiger charge is 2.15. The second-order valence-electron chi connectivity index (χ2n) is 5.59. The minimum absolute atomic E-state index is 0.00629. The van der Waals surface area contributed by atoms with Crippen LogP contribution in [-0.2, 0) is 0 Å². The number of benzene rings is 2. The van der Waals surface area contributed by atoms with Gasteiger partial charge in [0, 0.05) is 5.56 Å². The fourth-order valence-corrected chi connectivity index (χ4v) is 2.50. The number of hydrogen-bond donors (Lipinski definition) is 1. The lowest BCUT2D eigenvalue weighted by Gasteiger charge is -2.19. The monoisotopic (exact) mass is 281 g/mol. The maximum Gasteiger partial charge on any atom is 0.251 e. The number of carbonyl (C=O) groups excluding carboxylic acids is 1. The van der Waals surface area contributed by atoms with E-state index in [1.807, 2.05) is 37.3 Å². The number of hydrogen-bond acceptors (Lipinski definition) is 1. The van der Waals surface area contributed by atoms with Crippen molar-refractivity contribution in [2.75, 3.05) is 0 Å². The molecule has 0 aliphatic heterocycles. The molecule has 21 heavy (non-hydrogen) atoms. The smallest absolute Gasteiger partial charge is 0.251 e. The van der Waals surface area contributed by atoms with Crippen LogP contribution >= 0.6 is 0 Å². The molecule has 2 aromatic carbocycles. The standard InChI is InChI=1S/C19H23NO/c1-5-18(17-9-7-6-8-14(17)3)20-19(21)16-11-10-13(2)15(4)12-16/h6-12,18H,5H2,1-4H3,(H,20,21). The molecule has 0 spiro atoms. The molecule has 1 atom stereocenters. The molecule has 0 bridgehead atoms. The highest BCUT2D eigenvalue weighted by molar-refractivity contribution is 5.94. The van der Waals surface area contributed by atoms with Crippen LogP contribution in [0.2, 0.25) is 0 Å².